The smallest absolute Gasteiger partial charge is 0.325 e. The van der Waals surface area contributed by atoms with Crippen LogP contribution in [-0.4, -0.2) is 56.7 Å². The van der Waals surface area contributed by atoms with E-state index in [4.69, 9.17) is 18.9 Å². The number of nitrogens with zero attached hydrogens (tertiary/aromatic N) is 1. The van der Waals surface area contributed by atoms with Gasteiger partial charge in [-0.25, -0.2) is 4.79 Å². The fraction of sp³-hybridized carbons (Fsp3) is 0.348. The fourth-order valence-electron chi connectivity index (χ4n) is 3.77. The van der Waals surface area contributed by atoms with E-state index < -0.39 is 29.9 Å². The highest BCUT2D eigenvalue weighted by Gasteiger charge is 2.49. The van der Waals surface area contributed by atoms with Crippen molar-refractivity contribution >= 4 is 23.5 Å². The maximum Gasteiger partial charge on any atom is 0.325 e. The Morgan fingerprint density at radius 2 is 1.79 bits per heavy atom. The standard InChI is InChI=1S/C23H25N3O7/c1-23(14-5-7-17-19(11-14)33-10-4-9-32-17)21(28)26(22(29)25-23)13-20(27)24-15-6-8-16(30-2)18(12-15)31-3/h5-8,11-12H,4,9-10,13H2,1-3H3,(H,24,27)(H,25,29)/t23-/m0/s1. The number of benzene rings is 2. The molecule has 1 fully saturated rings. The average molecular weight is 455 g/mol. The molecule has 2 N–H and O–H groups in total. The van der Waals surface area contributed by atoms with E-state index in [1.54, 1.807) is 43.3 Å². The van der Waals surface area contributed by atoms with Gasteiger partial charge in [-0.05, 0) is 36.8 Å². The summed E-state index contributed by atoms with van der Waals surface area (Å²) in [5.74, 6) is 0.974. The van der Waals surface area contributed by atoms with Gasteiger partial charge < -0.3 is 29.6 Å². The first-order valence-corrected chi connectivity index (χ1v) is 10.4. The molecule has 0 bridgehead atoms. The topological polar surface area (TPSA) is 115 Å². The molecule has 2 heterocycles. The summed E-state index contributed by atoms with van der Waals surface area (Å²) in [6.07, 6.45) is 0.750. The van der Waals surface area contributed by atoms with Crippen LogP contribution in [0.5, 0.6) is 23.0 Å². The summed E-state index contributed by atoms with van der Waals surface area (Å²) in [6.45, 7) is 2.19. The van der Waals surface area contributed by atoms with Crippen LogP contribution in [0.1, 0.15) is 18.9 Å². The molecule has 2 aliphatic heterocycles. The predicted molar refractivity (Wildman–Crippen MR) is 118 cm³/mol. The number of anilines is 1. The van der Waals surface area contributed by atoms with Crippen molar-refractivity contribution in [2.24, 2.45) is 0 Å². The van der Waals surface area contributed by atoms with Crippen molar-refractivity contribution in [3.05, 3.63) is 42.0 Å². The van der Waals surface area contributed by atoms with Gasteiger partial charge in [-0.1, -0.05) is 6.07 Å². The second kappa shape index (κ2) is 8.89. The Hall–Kier alpha value is -3.95. The van der Waals surface area contributed by atoms with Crippen molar-refractivity contribution < 1.29 is 33.3 Å². The molecule has 0 spiro atoms. The molecule has 1 saturated heterocycles. The van der Waals surface area contributed by atoms with Gasteiger partial charge in [0.05, 0.1) is 27.4 Å². The minimum atomic E-state index is -1.34. The summed E-state index contributed by atoms with van der Waals surface area (Å²) in [5.41, 5.74) is -0.367. The first-order chi connectivity index (χ1) is 15.9. The van der Waals surface area contributed by atoms with Crippen LogP contribution in [0.3, 0.4) is 0 Å². The lowest BCUT2D eigenvalue weighted by Crippen LogP contribution is -2.42. The van der Waals surface area contributed by atoms with Crippen LogP contribution < -0.4 is 29.6 Å². The summed E-state index contributed by atoms with van der Waals surface area (Å²) < 4.78 is 21.7. The Balaban J connectivity index is 1.49. The van der Waals surface area contributed by atoms with Crippen LogP contribution in [0, 0.1) is 0 Å². The van der Waals surface area contributed by atoms with Crippen LogP contribution >= 0.6 is 0 Å². The lowest BCUT2D eigenvalue weighted by atomic mass is 9.91. The summed E-state index contributed by atoms with van der Waals surface area (Å²) in [5, 5.41) is 5.36. The Morgan fingerprint density at radius 3 is 2.52 bits per heavy atom. The van der Waals surface area contributed by atoms with Gasteiger partial charge in [-0.15, -0.1) is 0 Å². The lowest BCUT2D eigenvalue weighted by molar-refractivity contribution is -0.133. The van der Waals surface area contributed by atoms with E-state index in [0.29, 0.717) is 47.5 Å². The van der Waals surface area contributed by atoms with Crippen molar-refractivity contribution in [2.45, 2.75) is 18.9 Å². The van der Waals surface area contributed by atoms with Crippen LogP contribution in [0.2, 0.25) is 0 Å². The van der Waals surface area contributed by atoms with Gasteiger partial charge in [0.2, 0.25) is 5.91 Å². The van der Waals surface area contributed by atoms with Gasteiger partial charge in [0.15, 0.2) is 23.0 Å². The van der Waals surface area contributed by atoms with Gasteiger partial charge in [0, 0.05) is 18.2 Å². The van der Waals surface area contributed by atoms with Gasteiger partial charge in [-0.3, -0.25) is 14.5 Å². The molecule has 2 aromatic rings. The highest BCUT2D eigenvalue weighted by molar-refractivity contribution is 6.10. The molecule has 2 aliphatic rings. The molecule has 10 nitrogen and oxygen atoms in total. The number of methoxy groups -OCH3 is 2. The van der Waals surface area contributed by atoms with Crippen molar-refractivity contribution in [1.82, 2.24) is 10.2 Å². The average Bonchev–Trinajstić information content (AvgIpc) is 2.96. The third kappa shape index (κ3) is 4.23. The van der Waals surface area contributed by atoms with Crippen molar-refractivity contribution in [3.63, 3.8) is 0 Å². The van der Waals surface area contributed by atoms with Crippen LogP contribution in [0.15, 0.2) is 36.4 Å². The minimum absolute atomic E-state index is 0.437. The number of hydrogen-bond donors (Lipinski definition) is 2. The Morgan fingerprint density at radius 1 is 1.06 bits per heavy atom. The zero-order valence-corrected chi connectivity index (χ0v) is 18.6. The monoisotopic (exact) mass is 455 g/mol. The number of rotatable bonds is 6. The Bertz CT molecular complexity index is 1100. The number of imide groups is 1. The van der Waals surface area contributed by atoms with E-state index in [0.717, 1.165) is 11.3 Å². The Labute approximate surface area is 190 Å². The molecule has 174 valence electrons. The summed E-state index contributed by atoms with van der Waals surface area (Å²) in [4.78, 5) is 39.3. The number of urea groups is 1. The van der Waals surface area contributed by atoms with Crippen LogP contribution in [0.4, 0.5) is 10.5 Å². The summed E-state index contributed by atoms with van der Waals surface area (Å²) in [6, 6.07) is 9.32. The molecule has 4 rings (SSSR count). The third-order valence-corrected chi connectivity index (χ3v) is 5.57. The molecule has 2 aromatic carbocycles. The molecule has 0 radical (unpaired) electrons. The number of fused-ring (bicyclic) bond motifs is 1. The highest BCUT2D eigenvalue weighted by Crippen LogP contribution is 2.36. The quantitative estimate of drug-likeness (QED) is 0.642. The molecular weight excluding hydrogens is 430 g/mol. The van der Waals surface area contributed by atoms with Crippen molar-refractivity contribution in [1.29, 1.82) is 0 Å². The zero-order chi connectivity index (χ0) is 23.6. The highest BCUT2D eigenvalue weighted by atomic mass is 16.5. The van der Waals surface area contributed by atoms with Gasteiger partial charge in [0.1, 0.15) is 12.1 Å². The zero-order valence-electron chi connectivity index (χ0n) is 18.6. The van der Waals surface area contributed by atoms with Gasteiger partial charge in [0.25, 0.3) is 5.91 Å². The van der Waals surface area contributed by atoms with E-state index in [2.05, 4.69) is 10.6 Å². The number of carbonyl (C=O) groups is 3. The summed E-state index contributed by atoms with van der Waals surface area (Å²) in [7, 11) is 2.99. The van der Waals surface area contributed by atoms with E-state index in [1.807, 2.05) is 0 Å². The van der Waals surface area contributed by atoms with E-state index in [-0.39, 0.29) is 0 Å². The number of ether oxygens (including phenoxy) is 4. The maximum atomic E-state index is 13.2. The normalized spacial score (nSPS) is 19.5. The number of nitrogens with one attached hydrogen (secondary N) is 2. The largest absolute Gasteiger partial charge is 0.493 e. The van der Waals surface area contributed by atoms with Crippen molar-refractivity contribution in [3.8, 4) is 23.0 Å². The second-order valence-corrected chi connectivity index (χ2v) is 7.78. The lowest BCUT2D eigenvalue weighted by Gasteiger charge is -2.23. The van der Waals surface area contributed by atoms with Gasteiger partial charge >= 0.3 is 6.03 Å². The number of amides is 4. The van der Waals surface area contributed by atoms with E-state index >= 15 is 0 Å². The molecule has 1 atom stereocenters. The fourth-order valence-corrected chi connectivity index (χ4v) is 3.77. The first-order valence-electron chi connectivity index (χ1n) is 10.4. The van der Waals surface area contributed by atoms with Crippen molar-refractivity contribution in [2.75, 3.05) is 39.3 Å². The van der Waals surface area contributed by atoms with Crippen LogP contribution in [0.25, 0.3) is 0 Å². The molecule has 10 heteroatoms. The SMILES string of the molecule is COc1ccc(NC(=O)CN2C(=O)N[C@@](C)(c3ccc4c(c3)OCCCO4)C2=O)cc1OC. The molecular formula is C23H25N3O7. The maximum absolute atomic E-state index is 13.2. The molecule has 4 amide bonds. The molecule has 0 saturated carbocycles. The van der Waals surface area contributed by atoms with E-state index in [9.17, 15) is 14.4 Å². The molecule has 0 aliphatic carbocycles. The molecule has 33 heavy (non-hydrogen) atoms. The third-order valence-electron chi connectivity index (χ3n) is 5.57. The van der Waals surface area contributed by atoms with E-state index in [1.165, 1.54) is 14.2 Å². The summed E-state index contributed by atoms with van der Waals surface area (Å²) >= 11 is 0. The number of hydrogen-bond acceptors (Lipinski definition) is 7. The second-order valence-electron chi connectivity index (χ2n) is 7.78. The molecule has 0 unspecified atom stereocenters. The predicted octanol–water partition coefficient (Wildman–Crippen LogP) is 2.27. The molecule has 0 aromatic heterocycles. The van der Waals surface area contributed by atoms with Gasteiger partial charge in [-0.2, -0.15) is 0 Å². The minimum Gasteiger partial charge on any atom is -0.493 e. The Kier molecular flexibility index (Phi) is 5.99. The van der Waals surface area contributed by atoms with Crippen LogP contribution in [-0.2, 0) is 15.1 Å². The first kappa shape index (κ1) is 22.3. The number of carbonyl (C=O) groups excluding carboxylic acids is 3.